The first-order valence-electron chi connectivity index (χ1n) is 9.36. The predicted molar refractivity (Wildman–Crippen MR) is 118 cm³/mol. The number of benzene rings is 3. The average Bonchev–Trinajstić information content (AvgIpc) is 2.82. The zero-order chi connectivity index (χ0) is 21.3. The van der Waals surface area contributed by atoms with Crippen molar-refractivity contribution in [3.05, 3.63) is 108 Å². The number of allylic oxidation sites excluding steroid dienone is 4. The van der Waals surface area contributed by atoms with Crippen LogP contribution in [0.3, 0.4) is 0 Å². The lowest BCUT2D eigenvalue weighted by Gasteiger charge is -2.07. The van der Waals surface area contributed by atoms with Gasteiger partial charge >= 0.3 is 0 Å². The molecule has 3 rings (SSSR count). The van der Waals surface area contributed by atoms with Crippen LogP contribution in [0.4, 0.5) is 0 Å². The van der Waals surface area contributed by atoms with Crippen LogP contribution in [0.15, 0.2) is 91.0 Å². The summed E-state index contributed by atoms with van der Waals surface area (Å²) < 4.78 is 10.3. The molecule has 0 saturated carbocycles. The summed E-state index contributed by atoms with van der Waals surface area (Å²) in [4.78, 5) is 12.9. The van der Waals surface area contributed by atoms with Gasteiger partial charge in [0.25, 0.3) is 0 Å². The van der Waals surface area contributed by atoms with E-state index in [1.54, 1.807) is 62.8 Å². The minimum absolute atomic E-state index is 0.153. The molecule has 30 heavy (non-hydrogen) atoms. The van der Waals surface area contributed by atoms with E-state index in [1.807, 2.05) is 42.5 Å². The number of ketones is 1. The number of methoxy groups -OCH3 is 2. The Labute approximate surface area is 176 Å². The van der Waals surface area contributed by atoms with Gasteiger partial charge in [-0.25, -0.2) is 0 Å². The number of hydrogen-bond acceptors (Lipinski definition) is 4. The molecule has 3 aromatic rings. The van der Waals surface area contributed by atoms with Crippen molar-refractivity contribution in [2.45, 2.75) is 0 Å². The molecular formula is C26H21NO3. The predicted octanol–water partition coefficient (Wildman–Crippen LogP) is 5.58. The fraction of sp³-hybridized carbons (Fsp3) is 0.0769. The molecule has 0 bridgehead atoms. The van der Waals surface area contributed by atoms with E-state index >= 15 is 0 Å². The topological polar surface area (TPSA) is 59.3 Å². The molecule has 3 aromatic carbocycles. The third kappa shape index (κ3) is 5.03. The van der Waals surface area contributed by atoms with Crippen LogP contribution in [0.25, 0.3) is 11.1 Å². The van der Waals surface area contributed by atoms with Crippen molar-refractivity contribution >= 4 is 16.9 Å². The van der Waals surface area contributed by atoms with E-state index in [-0.39, 0.29) is 5.78 Å². The van der Waals surface area contributed by atoms with Gasteiger partial charge in [-0.3, -0.25) is 4.79 Å². The molecule has 0 radical (unpaired) electrons. The molecular weight excluding hydrogens is 374 g/mol. The Hall–Kier alpha value is -4.10. The summed E-state index contributed by atoms with van der Waals surface area (Å²) in [5.41, 5.74) is 3.25. The highest BCUT2D eigenvalue weighted by Gasteiger charge is 2.09. The number of nitrogens with zero attached hydrogens (tertiary/aromatic N) is 1. The summed E-state index contributed by atoms with van der Waals surface area (Å²) in [6.45, 7) is 0. The SMILES string of the molecule is COc1ccc(C(=O)/C=C(/C=C(\C#N)c2ccc(OC)cc2)c2ccccc2)cc1. The second kappa shape index (κ2) is 9.90. The molecule has 0 heterocycles. The van der Waals surface area contributed by atoms with Gasteiger partial charge in [0, 0.05) is 5.56 Å². The standard InChI is InChI=1S/C26H21NO3/c1-29-24-12-8-20(9-13-24)23(18-27)16-22(19-6-4-3-5-7-19)17-26(28)21-10-14-25(30-2)15-11-21/h3-17H,1-2H3/b22-17-,23-16+. The quantitative estimate of drug-likeness (QED) is 0.227. The highest BCUT2D eigenvalue weighted by atomic mass is 16.5. The minimum atomic E-state index is -0.153. The normalized spacial score (nSPS) is 11.5. The molecule has 0 amide bonds. The van der Waals surface area contributed by atoms with Crippen LogP contribution in [0.2, 0.25) is 0 Å². The summed E-state index contributed by atoms with van der Waals surface area (Å²) in [6.07, 6.45) is 3.29. The molecule has 4 nitrogen and oxygen atoms in total. The number of nitriles is 1. The smallest absolute Gasteiger partial charge is 0.186 e. The van der Waals surface area contributed by atoms with Crippen LogP contribution in [0.1, 0.15) is 21.5 Å². The van der Waals surface area contributed by atoms with Gasteiger partial charge in [0.05, 0.1) is 25.9 Å². The molecule has 0 N–H and O–H groups in total. The number of carbonyl (C=O) groups excluding carboxylic acids is 1. The van der Waals surface area contributed by atoms with Crippen molar-refractivity contribution in [1.82, 2.24) is 0 Å². The minimum Gasteiger partial charge on any atom is -0.497 e. The van der Waals surface area contributed by atoms with E-state index in [0.29, 0.717) is 28.2 Å². The molecule has 4 heteroatoms. The van der Waals surface area contributed by atoms with Crippen LogP contribution in [-0.4, -0.2) is 20.0 Å². The second-order valence-corrected chi connectivity index (χ2v) is 6.46. The molecule has 0 saturated heterocycles. The van der Waals surface area contributed by atoms with Crippen LogP contribution < -0.4 is 9.47 Å². The monoisotopic (exact) mass is 395 g/mol. The van der Waals surface area contributed by atoms with Crippen molar-refractivity contribution in [2.75, 3.05) is 14.2 Å². The van der Waals surface area contributed by atoms with Crippen LogP contribution in [0.5, 0.6) is 11.5 Å². The van der Waals surface area contributed by atoms with Gasteiger partial charge in [0.15, 0.2) is 5.78 Å². The molecule has 0 aliphatic rings. The van der Waals surface area contributed by atoms with Crippen LogP contribution in [0, 0.1) is 11.3 Å². The summed E-state index contributed by atoms with van der Waals surface area (Å²) in [7, 11) is 3.18. The Kier molecular flexibility index (Phi) is 6.81. The molecule has 0 aromatic heterocycles. The Morgan fingerprint density at radius 3 is 1.77 bits per heavy atom. The zero-order valence-electron chi connectivity index (χ0n) is 16.8. The third-order valence-corrected chi connectivity index (χ3v) is 4.59. The van der Waals surface area contributed by atoms with E-state index in [2.05, 4.69) is 6.07 Å². The number of hydrogen-bond donors (Lipinski definition) is 0. The fourth-order valence-electron chi connectivity index (χ4n) is 2.93. The Morgan fingerprint density at radius 1 is 0.733 bits per heavy atom. The summed E-state index contributed by atoms with van der Waals surface area (Å²) in [5.74, 6) is 1.24. The summed E-state index contributed by atoms with van der Waals surface area (Å²) in [5, 5.41) is 9.74. The maximum Gasteiger partial charge on any atom is 0.186 e. The van der Waals surface area contributed by atoms with Gasteiger partial charge in [0.2, 0.25) is 0 Å². The van der Waals surface area contributed by atoms with Gasteiger partial charge in [0.1, 0.15) is 11.5 Å². The lowest BCUT2D eigenvalue weighted by Crippen LogP contribution is -1.97. The first-order valence-corrected chi connectivity index (χ1v) is 9.36. The Balaban J connectivity index is 2.03. The number of carbonyl (C=O) groups is 1. The lowest BCUT2D eigenvalue weighted by molar-refractivity contribution is 0.104. The molecule has 0 spiro atoms. The highest BCUT2D eigenvalue weighted by molar-refractivity contribution is 6.10. The van der Waals surface area contributed by atoms with Crippen molar-refractivity contribution < 1.29 is 14.3 Å². The fourth-order valence-corrected chi connectivity index (χ4v) is 2.93. The van der Waals surface area contributed by atoms with Crippen molar-refractivity contribution in [3.8, 4) is 17.6 Å². The van der Waals surface area contributed by atoms with Crippen molar-refractivity contribution in [2.24, 2.45) is 0 Å². The van der Waals surface area contributed by atoms with Gasteiger partial charge < -0.3 is 9.47 Å². The maximum atomic E-state index is 12.9. The molecule has 148 valence electrons. The zero-order valence-corrected chi connectivity index (χ0v) is 16.8. The van der Waals surface area contributed by atoms with Crippen LogP contribution in [-0.2, 0) is 0 Å². The molecule has 0 fully saturated rings. The van der Waals surface area contributed by atoms with Crippen molar-refractivity contribution in [3.63, 3.8) is 0 Å². The van der Waals surface area contributed by atoms with E-state index in [1.165, 1.54) is 0 Å². The molecule has 0 aliphatic carbocycles. The van der Waals surface area contributed by atoms with E-state index in [9.17, 15) is 10.1 Å². The largest absolute Gasteiger partial charge is 0.497 e. The molecule has 0 unspecified atom stereocenters. The lowest BCUT2D eigenvalue weighted by atomic mass is 9.97. The second-order valence-electron chi connectivity index (χ2n) is 6.46. The number of ether oxygens (including phenoxy) is 2. The maximum absolute atomic E-state index is 12.9. The summed E-state index contributed by atoms with van der Waals surface area (Å²) in [6, 6.07) is 25.9. The number of rotatable bonds is 7. The van der Waals surface area contributed by atoms with Gasteiger partial charge in [-0.1, -0.05) is 30.3 Å². The van der Waals surface area contributed by atoms with E-state index in [0.717, 1.165) is 11.1 Å². The van der Waals surface area contributed by atoms with Crippen molar-refractivity contribution in [1.29, 1.82) is 5.26 Å². The Bertz CT molecular complexity index is 1100. The average molecular weight is 395 g/mol. The Morgan fingerprint density at radius 2 is 1.27 bits per heavy atom. The molecule has 0 atom stereocenters. The van der Waals surface area contributed by atoms with E-state index in [4.69, 9.17) is 9.47 Å². The highest BCUT2D eigenvalue weighted by Crippen LogP contribution is 2.25. The van der Waals surface area contributed by atoms with Crippen LogP contribution >= 0.6 is 0 Å². The van der Waals surface area contributed by atoms with Gasteiger partial charge in [-0.05, 0) is 77.4 Å². The third-order valence-electron chi connectivity index (χ3n) is 4.59. The summed E-state index contributed by atoms with van der Waals surface area (Å²) >= 11 is 0. The first kappa shape index (κ1) is 20.6. The van der Waals surface area contributed by atoms with E-state index < -0.39 is 0 Å². The van der Waals surface area contributed by atoms with Gasteiger partial charge in [-0.15, -0.1) is 0 Å². The first-order chi connectivity index (χ1) is 14.6. The van der Waals surface area contributed by atoms with Gasteiger partial charge in [-0.2, -0.15) is 5.26 Å². The molecule has 0 aliphatic heterocycles.